The van der Waals surface area contributed by atoms with Crippen molar-refractivity contribution in [1.82, 2.24) is 0 Å². The van der Waals surface area contributed by atoms with E-state index in [1.807, 2.05) is 19.1 Å². The summed E-state index contributed by atoms with van der Waals surface area (Å²) in [6.45, 7) is 1.90. The smallest absolute Gasteiger partial charge is 0.121 e. The van der Waals surface area contributed by atoms with Gasteiger partial charge in [0.2, 0.25) is 0 Å². The minimum absolute atomic E-state index is 0.458. The topological polar surface area (TPSA) is 40.9 Å². The summed E-state index contributed by atoms with van der Waals surface area (Å²) in [7, 11) is 10.6. The molecule has 0 saturated carbocycles. The molecule has 0 saturated heterocycles. The number of carbonyl (C=O) groups excluding carboxylic acids is 1. The molecule has 2 radical (unpaired) electrons. The molecule has 1 amide bonds. The van der Waals surface area contributed by atoms with Gasteiger partial charge in [-0.25, -0.2) is 0 Å². The van der Waals surface area contributed by atoms with Crippen molar-refractivity contribution in [3.8, 4) is 11.1 Å². The molecule has 6 rings (SSSR count). The number of fused-ring (bicyclic) bond motifs is 3. The van der Waals surface area contributed by atoms with Crippen LogP contribution >= 0.6 is 17.0 Å². The number of amides is 1. The van der Waals surface area contributed by atoms with E-state index in [1.165, 1.54) is 32.6 Å². The Bertz CT molecular complexity index is 1370. The van der Waals surface area contributed by atoms with Gasteiger partial charge in [-0.2, -0.15) is 29.8 Å². The van der Waals surface area contributed by atoms with Crippen molar-refractivity contribution in [3.63, 3.8) is 0 Å². The van der Waals surface area contributed by atoms with E-state index >= 15 is 0 Å². The van der Waals surface area contributed by atoms with Gasteiger partial charge in [0.25, 0.3) is 0 Å². The van der Waals surface area contributed by atoms with Crippen LogP contribution in [-0.4, -0.2) is 15.4 Å². The van der Waals surface area contributed by atoms with Gasteiger partial charge in [0.1, 0.15) is 9.52 Å². The average molecular weight is 644 g/mol. The third-order valence-corrected chi connectivity index (χ3v) is 6.98. The summed E-state index contributed by atoms with van der Waals surface area (Å²) in [5.41, 5.74) is 13.8. The van der Waals surface area contributed by atoms with Gasteiger partial charge in [0.15, 0.2) is 0 Å². The molecule has 2 nitrogen and oxygen atoms in total. The number of hydrogen-bond acceptors (Lipinski definition) is 1. The number of nitrogens with one attached hydrogen (secondary N) is 1. The summed E-state index contributed by atoms with van der Waals surface area (Å²) in [6, 6.07) is 46.3. The van der Waals surface area contributed by atoms with Crippen molar-refractivity contribution in [2.45, 2.75) is 13.3 Å². The van der Waals surface area contributed by atoms with E-state index in [1.54, 1.807) is 18.2 Å². The van der Waals surface area contributed by atoms with Gasteiger partial charge in [0, 0.05) is 0 Å². The van der Waals surface area contributed by atoms with E-state index < -0.39 is 26.8 Å². The van der Waals surface area contributed by atoms with Gasteiger partial charge in [-0.1, -0.05) is 136 Å². The fraction of sp³-hybridized carbons (Fsp3) is 0.0606. The number of rotatable bonds is 3. The molecule has 1 aliphatic rings. The third kappa shape index (κ3) is 10.4. The zero-order valence-electron chi connectivity index (χ0n) is 21.5. The Morgan fingerprint density at radius 3 is 1.90 bits per heavy atom. The summed E-state index contributed by atoms with van der Waals surface area (Å²) in [5.74, 6) is -0.622. The Morgan fingerprint density at radius 2 is 1.33 bits per heavy atom. The Morgan fingerprint density at radius 1 is 0.769 bits per heavy atom. The Kier molecular flexibility index (Phi) is 13.5. The van der Waals surface area contributed by atoms with Crippen LogP contribution < -0.4 is 10.4 Å². The predicted octanol–water partition coefficient (Wildman–Crippen LogP) is 7.96. The van der Waals surface area contributed by atoms with Crippen LogP contribution in [0.15, 0.2) is 127 Å². The molecular formula is C33H27Cl2NOSiZr. The molecule has 0 atom stereocenters. The van der Waals surface area contributed by atoms with Crippen molar-refractivity contribution < 1.29 is 25.6 Å². The Balaban J connectivity index is 0.000000155. The summed E-state index contributed by atoms with van der Waals surface area (Å²) in [6.07, 6.45) is 1.05. The van der Waals surface area contributed by atoms with Crippen LogP contribution in [0.5, 0.6) is 0 Å². The first-order valence-electron chi connectivity index (χ1n) is 12.3. The minimum Gasteiger partial charge on any atom is -0.179 e. The minimum atomic E-state index is -0.826. The quantitative estimate of drug-likeness (QED) is 0.143. The van der Waals surface area contributed by atoms with Crippen LogP contribution in [-0.2, 0) is 27.3 Å². The molecule has 1 aliphatic carbocycles. The first-order chi connectivity index (χ1) is 19.0. The number of hydrogen-bond donors (Lipinski definition) is 0. The summed E-state index contributed by atoms with van der Waals surface area (Å²) >= 11 is -0.826. The second-order valence-electron chi connectivity index (χ2n) is 8.52. The molecule has 0 heterocycles. The molecule has 0 spiro atoms. The predicted molar refractivity (Wildman–Crippen MR) is 163 cm³/mol. The maximum absolute atomic E-state index is 10.5. The number of benzene rings is 5. The standard InChI is InChI=1S/C13H9.C12H10Si.C8H9NO.2ClH.Zr/c1-3-7-12-10(5-1)9-11-6-2-4-8-13(11)12;1-3-7-11(8-4-1)13-12-9-5-2-6-10-12;1-6-3-2-4-7(5-6)8(9)10;;;/h1-5,7-8H,9H2;1-10H;2-5H,1H3,(H2,9,10);2*1H;/q-1;;;;;+4/p-3. The first kappa shape index (κ1) is 30.8. The fourth-order valence-corrected chi connectivity index (χ4v) is 5.05. The van der Waals surface area contributed by atoms with Crippen molar-refractivity contribution in [3.05, 3.63) is 161 Å². The second-order valence-corrected chi connectivity index (χ2v) is 13.7. The van der Waals surface area contributed by atoms with E-state index in [0.717, 1.165) is 21.5 Å². The maximum Gasteiger partial charge on any atom is 0.121 e. The summed E-state index contributed by atoms with van der Waals surface area (Å²) < 4.78 is 0. The van der Waals surface area contributed by atoms with Crippen LogP contribution in [0.1, 0.15) is 27.0 Å². The Labute approximate surface area is 252 Å². The van der Waals surface area contributed by atoms with Crippen LogP contribution in [0.2, 0.25) is 0 Å². The zero-order valence-corrected chi connectivity index (χ0v) is 26.5. The van der Waals surface area contributed by atoms with E-state index in [9.17, 15) is 4.79 Å². The largest absolute Gasteiger partial charge is 0.179 e. The van der Waals surface area contributed by atoms with E-state index in [0.29, 0.717) is 5.56 Å². The molecule has 0 aliphatic heterocycles. The normalized spacial score (nSPS) is 10.0. The van der Waals surface area contributed by atoms with Crippen molar-refractivity contribution in [1.29, 1.82) is 0 Å². The van der Waals surface area contributed by atoms with Gasteiger partial charge in [-0.15, -0.1) is 5.56 Å². The van der Waals surface area contributed by atoms with Crippen molar-refractivity contribution >= 4 is 42.8 Å². The molecule has 5 aromatic rings. The van der Waals surface area contributed by atoms with Gasteiger partial charge in [0.05, 0.1) is 5.91 Å². The first-order valence-corrected chi connectivity index (χ1v) is 19.6. The van der Waals surface area contributed by atoms with E-state index in [4.69, 9.17) is 22.8 Å². The molecule has 0 aromatic heterocycles. The van der Waals surface area contributed by atoms with Crippen LogP contribution in [0.3, 0.4) is 0 Å². The molecule has 0 unspecified atom stereocenters. The molecule has 0 fully saturated rings. The van der Waals surface area contributed by atoms with Gasteiger partial charge >= 0.3 is 37.9 Å². The summed E-state index contributed by atoms with van der Waals surface area (Å²) in [5, 5.41) is 2.79. The molecule has 39 heavy (non-hydrogen) atoms. The molecule has 6 heteroatoms. The third-order valence-electron chi connectivity index (χ3n) is 5.73. The van der Waals surface area contributed by atoms with Crippen molar-refractivity contribution in [2.75, 3.05) is 0 Å². The Hall–Kier alpha value is -2.75. The monoisotopic (exact) mass is 641 g/mol. The fourth-order valence-electron chi connectivity index (χ4n) is 3.99. The average Bonchev–Trinajstić information content (AvgIpc) is 3.34. The SMILES string of the molecule is Cc1cccc(C([NH-])=O)c1.[Cl][Zr+2][Cl].[c-]1cccc2c1Cc1ccccc1-2.c1ccc([Si]c2ccccc2)cc1. The van der Waals surface area contributed by atoms with E-state index in [2.05, 4.69) is 103 Å². The molecule has 5 aromatic carbocycles. The molecule has 192 valence electrons. The molecule has 0 bridgehead atoms. The maximum atomic E-state index is 10.5. The summed E-state index contributed by atoms with van der Waals surface area (Å²) in [4.78, 5) is 10.5. The molecular weight excluding hydrogens is 617 g/mol. The van der Waals surface area contributed by atoms with E-state index in [-0.39, 0.29) is 0 Å². The number of halogens is 2. The second kappa shape index (κ2) is 17.0. The van der Waals surface area contributed by atoms with Crippen molar-refractivity contribution in [2.24, 2.45) is 0 Å². The van der Waals surface area contributed by atoms with Crippen LogP contribution in [0.4, 0.5) is 0 Å². The van der Waals surface area contributed by atoms with Crippen LogP contribution in [0.25, 0.3) is 16.9 Å². The zero-order chi connectivity index (χ0) is 27.9. The molecule has 1 N–H and O–H groups in total. The number of carbonyl (C=O) groups is 1. The van der Waals surface area contributed by atoms with Crippen LogP contribution in [0, 0.1) is 13.0 Å². The number of aryl methyl sites for hydroxylation is 1. The van der Waals surface area contributed by atoms with Gasteiger partial charge in [-0.05, 0) is 18.9 Å². The van der Waals surface area contributed by atoms with Gasteiger partial charge in [-0.3, -0.25) is 0 Å². The van der Waals surface area contributed by atoms with Gasteiger partial charge < -0.3 is 10.5 Å².